The number of carbonyl (C=O) groups is 1. The number of allylic oxidation sites excluding steroid dienone is 1. The fourth-order valence-electron chi connectivity index (χ4n) is 1.41. The van der Waals surface area contributed by atoms with E-state index in [0.29, 0.717) is 17.9 Å². The highest BCUT2D eigenvalue weighted by Crippen LogP contribution is 2.29. The molecule has 1 aromatic carbocycles. The van der Waals surface area contributed by atoms with Crippen molar-refractivity contribution in [3.8, 4) is 11.5 Å². The minimum atomic E-state index is -4.27. The Balaban J connectivity index is 3.05. The molecule has 0 radical (unpaired) electrons. The molecular weight excluding hydrogens is 258 g/mol. The number of halogens is 2. The lowest BCUT2D eigenvalue weighted by Crippen LogP contribution is -2.35. The van der Waals surface area contributed by atoms with Gasteiger partial charge in [-0.15, -0.1) is 6.58 Å². The van der Waals surface area contributed by atoms with Crippen molar-refractivity contribution < 1.29 is 28.2 Å². The molecule has 1 aromatic rings. The first-order valence-corrected chi connectivity index (χ1v) is 5.57. The zero-order valence-corrected chi connectivity index (χ0v) is 10.4. The molecule has 4 nitrogen and oxygen atoms in total. The fourth-order valence-corrected chi connectivity index (χ4v) is 1.41. The standard InChI is InChI=1S/C13H14F2O4/c1-3-5-9-8-10(18-4-2)6-7-11(9)19-13(14,15)12(16)17/h3,6-8H,1,4-5H2,2H3,(H,16,17). The molecular formula is C13H14F2O4. The van der Waals surface area contributed by atoms with Crippen LogP contribution in [0.15, 0.2) is 30.9 Å². The second-order valence-corrected chi connectivity index (χ2v) is 3.62. The summed E-state index contributed by atoms with van der Waals surface area (Å²) in [5.74, 6) is -2.06. The Labute approximate surface area is 109 Å². The predicted octanol–water partition coefficient (Wildman–Crippen LogP) is 2.87. The maximum Gasteiger partial charge on any atom is 0.501 e. The zero-order valence-electron chi connectivity index (χ0n) is 10.4. The summed E-state index contributed by atoms with van der Waals surface area (Å²) >= 11 is 0. The van der Waals surface area contributed by atoms with E-state index < -0.39 is 12.1 Å². The van der Waals surface area contributed by atoms with Crippen LogP contribution >= 0.6 is 0 Å². The maximum absolute atomic E-state index is 13.0. The van der Waals surface area contributed by atoms with Gasteiger partial charge in [0.1, 0.15) is 11.5 Å². The van der Waals surface area contributed by atoms with Gasteiger partial charge in [0.25, 0.3) is 0 Å². The van der Waals surface area contributed by atoms with Crippen LogP contribution in [0.25, 0.3) is 0 Å². The lowest BCUT2D eigenvalue weighted by atomic mass is 10.1. The Hall–Kier alpha value is -2.11. The Morgan fingerprint density at radius 1 is 1.53 bits per heavy atom. The summed E-state index contributed by atoms with van der Waals surface area (Å²) in [4.78, 5) is 10.3. The molecule has 0 bridgehead atoms. The minimum absolute atomic E-state index is 0.212. The number of alkyl halides is 2. The quantitative estimate of drug-likeness (QED) is 0.775. The Kier molecular flexibility index (Phi) is 4.86. The highest BCUT2D eigenvalue weighted by atomic mass is 19.3. The van der Waals surface area contributed by atoms with E-state index in [0.717, 1.165) is 0 Å². The number of hydrogen-bond acceptors (Lipinski definition) is 3. The molecule has 0 saturated carbocycles. The largest absolute Gasteiger partial charge is 0.501 e. The number of aliphatic carboxylic acids is 1. The molecule has 0 saturated heterocycles. The highest BCUT2D eigenvalue weighted by molar-refractivity contribution is 5.74. The molecule has 1 N–H and O–H groups in total. The van der Waals surface area contributed by atoms with Crippen LogP contribution in [-0.2, 0) is 11.2 Å². The molecule has 0 aliphatic carbocycles. The van der Waals surface area contributed by atoms with Gasteiger partial charge in [0.2, 0.25) is 0 Å². The summed E-state index contributed by atoms with van der Waals surface area (Å²) in [5, 5.41) is 8.34. The third-order valence-corrected chi connectivity index (χ3v) is 2.19. The third-order valence-electron chi connectivity index (χ3n) is 2.19. The van der Waals surface area contributed by atoms with Gasteiger partial charge in [0.15, 0.2) is 0 Å². The molecule has 0 aliphatic rings. The van der Waals surface area contributed by atoms with Gasteiger partial charge in [-0.1, -0.05) is 6.08 Å². The Morgan fingerprint density at radius 2 is 2.21 bits per heavy atom. The van der Waals surface area contributed by atoms with Crippen molar-refractivity contribution in [2.45, 2.75) is 19.5 Å². The summed E-state index contributed by atoms with van der Waals surface area (Å²) in [6.07, 6.45) is -2.52. The van der Waals surface area contributed by atoms with E-state index in [1.54, 1.807) is 6.92 Å². The van der Waals surface area contributed by atoms with E-state index >= 15 is 0 Å². The Morgan fingerprint density at radius 3 is 2.74 bits per heavy atom. The smallest absolute Gasteiger partial charge is 0.494 e. The lowest BCUT2D eigenvalue weighted by Gasteiger charge is -2.16. The van der Waals surface area contributed by atoms with Gasteiger partial charge in [-0.3, -0.25) is 0 Å². The average molecular weight is 272 g/mol. The summed E-state index contributed by atoms with van der Waals surface area (Å²) in [5.41, 5.74) is 0.377. The summed E-state index contributed by atoms with van der Waals surface area (Å²) < 4.78 is 35.5. The van der Waals surface area contributed by atoms with Crippen molar-refractivity contribution in [2.24, 2.45) is 0 Å². The molecule has 6 heteroatoms. The van der Waals surface area contributed by atoms with Gasteiger partial charge in [0, 0.05) is 5.56 Å². The van der Waals surface area contributed by atoms with Gasteiger partial charge < -0.3 is 14.6 Å². The van der Waals surface area contributed by atoms with Crippen molar-refractivity contribution in [3.05, 3.63) is 36.4 Å². The highest BCUT2D eigenvalue weighted by Gasteiger charge is 2.42. The first kappa shape index (κ1) is 14.9. The van der Waals surface area contributed by atoms with Crippen molar-refractivity contribution in [3.63, 3.8) is 0 Å². The minimum Gasteiger partial charge on any atom is -0.494 e. The zero-order chi connectivity index (χ0) is 14.5. The molecule has 0 aliphatic heterocycles. The predicted molar refractivity (Wildman–Crippen MR) is 64.7 cm³/mol. The lowest BCUT2D eigenvalue weighted by molar-refractivity contribution is -0.211. The molecule has 0 amide bonds. The normalized spacial score (nSPS) is 10.9. The second kappa shape index (κ2) is 6.17. The van der Waals surface area contributed by atoms with Crippen LogP contribution in [0.4, 0.5) is 8.78 Å². The number of ether oxygens (including phenoxy) is 2. The van der Waals surface area contributed by atoms with Crippen molar-refractivity contribution in [1.82, 2.24) is 0 Å². The Bertz CT molecular complexity index is 472. The van der Waals surface area contributed by atoms with Gasteiger partial charge >= 0.3 is 12.1 Å². The molecule has 0 atom stereocenters. The van der Waals surface area contributed by atoms with Gasteiger partial charge in [-0.25, -0.2) is 4.79 Å². The van der Waals surface area contributed by atoms with Crippen molar-refractivity contribution >= 4 is 5.97 Å². The number of carboxylic acids is 1. The summed E-state index contributed by atoms with van der Waals surface area (Å²) in [7, 11) is 0. The molecule has 0 heterocycles. The third kappa shape index (κ3) is 3.94. The monoisotopic (exact) mass is 272 g/mol. The van der Waals surface area contributed by atoms with Crippen LogP contribution in [-0.4, -0.2) is 23.8 Å². The van der Waals surface area contributed by atoms with E-state index in [9.17, 15) is 13.6 Å². The van der Waals surface area contributed by atoms with E-state index in [2.05, 4.69) is 11.3 Å². The number of rotatable bonds is 7. The van der Waals surface area contributed by atoms with Crippen LogP contribution in [0.3, 0.4) is 0 Å². The summed E-state index contributed by atoms with van der Waals surface area (Å²) in [6.45, 7) is 5.72. The van der Waals surface area contributed by atoms with Crippen molar-refractivity contribution in [1.29, 1.82) is 0 Å². The van der Waals surface area contributed by atoms with Gasteiger partial charge in [-0.2, -0.15) is 8.78 Å². The van der Waals surface area contributed by atoms with E-state index in [4.69, 9.17) is 9.84 Å². The van der Waals surface area contributed by atoms with Gasteiger partial charge in [0.05, 0.1) is 6.61 Å². The molecule has 1 rings (SSSR count). The second-order valence-electron chi connectivity index (χ2n) is 3.62. The first-order chi connectivity index (χ1) is 8.90. The van der Waals surface area contributed by atoms with Crippen LogP contribution < -0.4 is 9.47 Å². The summed E-state index contributed by atoms with van der Waals surface area (Å²) in [6, 6.07) is 4.20. The number of benzene rings is 1. The van der Waals surface area contributed by atoms with Crippen LogP contribution in [0.2, 0.25) is 0 Å². The van der Waals surface area contributed by atoms with Crippen molar-refractivity contribution in [2.75, 3.05) is 6.61 Å². The average Bonchev–Trinajstić information content (AvgIpc) is 2.33. The number of hydrogen-bond donors (Lipinski definition) is 1. The maximum atomic E-state index is 13.0. The van der Waals surface area contributed by atoms with E-state index in [1.807, 2.05) is 0 Å². The van der Waals surface area contributed by atoms with Crippen LogP contribution in [0.1, 0.15) is 12.5 Å². The van der Waals surface area contributed by atoms with Gasteiger partial charge in [-0.05, 0) is 31.5 Å². The molecule has 0 spiro atoms. The topological polar surface area (TPSA) is 55.8 Å². The molecule has 104 valence electrons. The first-order valence-electron chi connectivity index (χ1n) is 5.57. The number of carboxylic acid groups (broad SMARTS) is 1. The van der Waals surface area contributed by atoms with Crippen LogP contribution in [0, 0.1) is 0 Å². The molecule has 19 heavy (non-hydrogen) atoms. The molecule has 0 aromatic heterocycles. The molecule has 0 unspecified atom stereocenters. The van der Waals surface area contributed by atoms with E-state index in [-0.39, 0.29) is 12.2 Å². The molecule has 0 fully saturated rings. The fraction of sp³-hybridized carbons (Fsp3) is 0.308. The van der Waals surface area contributed by atoms with E-state index in [1.165, 1.54) is 24.3 Å². The van der Waals surface area contributed by atoms with Crippen LogP contribution in [0.5, 0.6) is 11.5 Å². The SMILES string of the molecule is C=CCc1cc(OCC)ccc1OC(F)(F)C(=O)O.